The minimum Gasteiger partial charge on any atom is -0.494 e. The van der Waals surface area contributed by atoms with Crippen LogP contribution in [0.2, 0.25) is 0 Å². The van der Waals surface area contributed by atoms with Gasteiger partial charge in [0.1, 0.15) is 0 Å². The summed E-state index contributed by atoms with van der Waals surface area (Å²) in [6.45, 7) is 0. The molecule has 3 nitrogen and oxygen atoms in total. The van der Waals surface area contributed by atoms with E-state index in [4.69, 9.17) is 4.74 Å². The molecular weight excluding hydrogens is 233 g/mol. The van der Waals surface area contributed by atoms with Crippen LogP contribution in [-0.2, 0) is 11.2 Å². The summed E-state index contributed by atoms with van der Waals surface area (Å²) in [6.07, 6.45) is 4.70. The molecule has 4 heteroatoms. The Bertz CT molecular complexity index is 428. The molecule has 1 aromatic rings. The molecule has 98 valence electrons. The zero-order valence-corrected chi connectivity index (χ0v) is 10.5. The van der Waals surface area contributed by atoms with Crippen molar-refractivity contribution >= 4 is 5.91 Å². The molecule has 0 aliphatic heterocycles. The fraction of sp³-hybridized carbons (Fsp3) is 0.500. The number of carbonyl (C=O) groups is 1. The van der Waals surface area contributed by atoms with Crippen LogP contribution in [0.25, 0.3) is 0 Å². The van der Waals surface area contributed by atoms with Crippen LogP contribution in [0.3, 0.4) is 0 Å². The lowest BCUT2D eigenvalue weighted by Crippen LogP contribution is -2.33. The van der Waals surface area contributed by atoms with Gasteiger partial charge in [-0.3, -0.25) is 4.79 Å². The molecule has 0 heterocycles. The summed E-state index contributed by atoms with van der Waals surface area (Å²) in [7, 11) is 1.42. The van der Waals surface area contributed by atoms with Crippen molar-refractivity contribution in [1.82, 2.24) is 5.32 Å². The molecule has 0 aromatic heterocycles. The maximum atomic E-state index is 13.4. The van der Waals surface area contributed by atoms with Crippen molar-refractivity contribution in [2.75, 3.05) is 7.11 Å². The van der Waals surface area contributed by atoms with Crippen LogP contribution in [0.4, 0.5) is 4.39 Å². The van der Waals surface area contributed by atoms with E-state index in [9.17, 15) is 9.18 Å². The highest BCUT2D eigenvalue weighted by molar-refractivity contribution is 5.78. The van der Waals surface area contributed by atoms with Gasteiger partial charge in [-0.15, -0.1) is 0 Å². The first kappa shape index (κ1) is 12.9. The van der Waals surface area contributed by atoms with Crippen LogP contribution in [0, 0.1) is 5.82 Å². The second kappa shape index (κ2) is 5.85. The van der Waals surface area contributed by atoms with Gasteiger partial charge in [-0.1, -0.05) is 18.9 Å². The molecule has 0 saturated heterocycles. The molecule has 1 N–H and O–H groups in total. The average Bonchev–Trinajstić information content (AvgIpc) is 2.82. The molecule has 1 amide bonds. The van der Waals surface area contributed by atoms with Crippen LogP contribution in [-0.4, -0.2) is 19.1 Å². The van der Waals surface area contributed by atoms with Gasteiger partial charge in [0, 0.05) is 6.04 Å². The molecule has 1 aliphatic rings. The zero-order valence-electron chi connectivity index (χ0n) is 10.5. The second-order valence-corrected chi connectivity index (χ2v) is 4.69. The number of benzene rings is 1. The summed E-state index contributed by atoms with van der Waals surface area (Å²) in [4.78, 5) is 11.8. The number of methoxy groups -OCH3 is 1. The third-order valence-electron chi connectivity index (χ3n) is 3.30. The van der Waals surface area contributed by atoms with E-state index in [1.807, 2.05) is 0 Å². The van der Waals surface area contributed by atoms with Gasteiger partial charge in [0.25, 0.3) is 0 Å². The average molecular weight is 251 g/mol. The summed E-state index contributed by atoms with van der Waals surface area (Å²) in [6, 6.07) is 4.93. The highest BCUT2D eigenvalue weighted by atomic mass is 19.1. The fourth-order valence-electron chi connectivity index (χ4n) is 2.35. The van der Waals surface area contributed by atoms with Crippen molar-refractivity contribution in [3.8, 4) is 5.75 Å². The smallest absolute Gasteiger partial charge is 0.224 e. The maximum absolute atomic E-state index is 13.4. The maximum Gasteiger partial charge on any atom is 0.224 e. The Kier molecular flexibility index (Phi) is 4.18. The standard InChI is InChI=1S/C14H18FNO2/c1-18-13-7-6-10(8-12(13)15)9-14(17)16-11-4-2-3-5-11/h6-8,11H,2-5,9H2,1H3,(H,16,17). The van der Waals surface area contributed by atoms with Crippen LogP contribution in [0.15, 0.2) is 18.2 Å². The summed E-state index contributed by atoms with van der Waals surface area (Å²) in [5, 5.41) is 2.98. The summed E-state index contributed by atoms with van der Waals surface area (Å²) < 4.78 is 18.3. The Hall–Kier alpha value is -1.58. The number of nitrogens with one attached hydrogen (secondary N) is 1. The predicted molar refractivity (Wildman–Crippen MR) is 67.1 cm³/mol. The van der Waals surface area contributed by atoms with Gasteiger partial charge in [0.2, 0.25) is 5.91 Å². The van der Waals surface area contributed by atoms with Gasteiger partial charge in [0.15, 0.2) is 11.6 Å². The molecule has 1 saturated carbocycles. The van der Waals surface area contributed by atoms with Crippen molar-refractivity contribution in [1.29, 1.82) is 0 Å². The number of rotatable bonds is 4. The predicted octanol–water partition coefficient (Wildman–Crippen LogP) is 2.44. The second-order valence-electron chi connectivity index (χ2n) is 4.69. The van der Waals surface area contributed by atoms with E-state index in [2.05, 4.69) is 5.32 Å². The van der Waals surface area contributed by atoms with Crippen molar-refractivity contribution in [2.24, 2.45) is 0 Å². The Morgan fingerprint density at radius 3 is 2.78 bits per heavy atom. The van der Waals surface area contributed by atoms with Crippen molar-refractivity contribution in [2.45, 2.75) is 38.1 Å². The molecule has 0 bridgehead atoms. The zero-order chi connectivity index (χ0) is 13.0. The summed E-state index contributed by atoms with van der Waals surface area (Å²) in [5.41, 5.74) is 0.670. The van der Waals surface area contributed by atoms with Crippen LogP contribution < -0.4 is 10.1 Å². The monoisotopic (exact) mass is 251 g/mol. The molecule has 0 radical (unpaired) electrons. The van der Waals surface area contributed by atoms with Crippen LogP contribution in [0.5, 0.6) is 5.75 Å². The molecule has 0 unspecified atom stereocenters. The van der Waals surface area contributed by atoms with E-state index in [1.165, 1.54) is 26.0 Å². The van der Waals surface area contributed by atoms with Gasteiger partial charge in [-0.25, -0.2) is 4.39 Å². The van der Waals surface area contributed by atoms with Gasteiger partial charge in [-0.2, -0.15) is 0 Å². The van der Waals surface area contributed by atoms with E-state index >= 15 is 0 Å². The highest BCUT2D eigenvalue weighted by Gasteiger charge is 2.17. The minimum absolute atomic E-state index is 0.0357. The number of hydrogen-bond donors (Lipinski definition) is 1. The fourth-order valence-corrected chi connectivity index (χ4v) is 2.35. The first-order valence-corrected chi connectivity index (χ1v) is 6.31. The topological polar surface area (TPSA) is 38.3 Å². The van der Waals surface area contributed by atoms with Crippen LogP contribution in [0.1, 0.15) is 31.2 Å². The number of amides is 1. The Morgan fingerprint density at radius 1 is 1.44 bits per heavy atom. The van der Waals surface area contributed by atoms with E-state index in [-0.39, 0.29) is 18.1 Å². The number of halogens is 1. The van der Waals surface area contributed by atoms with Gasteiger partial charge < -0.3 is 10.1 Å². The molecular formula is C14H18FNO2. The molecule has 1 fully saturated rings. The quantitative estimate of drug-likeness (QED) is 0.892. The minimum atomic E-state index is -0.427. The van der Waals surface area contributed by atoms with E-state index in [0.717, 1.165) is 12.8 Å². The van der Waals surface area contributed by atoms with Crippen LogP contribution >= 0.6 is 0 Å². The van der Waals surface area contributed by atoms with Gasteiger partial charge in [-0.05, 0) is 30.5 Å². The lowest BCUT2D eigenvalue weighted by molar-refractivity contribution is -0.121. The SMILES string of the molecule is COc1ccc(CC(=O)NC2CCCC2)cc1F. The largest absolute Gasteiger partial charge is 0.494 e. The van der Waals surface area contributed by atoms with Crippen molar-refractivity contribution in [3.63, 3.8) is 0 Å². The van der Waals surface area contributed by atoms with Gasteiger partial charge in [0.05, 0.1) is 13.5 Å². The Morgan fingerprint density at radius 2 is 2.17 bits per heavy atom. The van der Waals surface area contributed by atoms with E-state index in [1.54, 1.807) is 12.1 Å². The first-order valence-electron chi connectivity index (χ1n) is 6.31. The third-order valence-corrected chi connectivity index (χ3v) is 3.30. The third kappa shape index (κ3) is 3.22. The molecule has 0 spiro atoms. The number of hydrogen-bond acceptors (Lipinski definition) is 2. The lowest BCUT2D eigenvalue weighted by atomic mass is 10.1. The molecule has 0 atom stereocenters. The molecule has 18 heavy (non-hydrogen) atoms. The molecule has 2 rings (SSSR count). The van der Waals surface area contributed by atoms with E-state index < -0.39 is 5.82 Å². The molecule has 1 aromatic carbocycles. The van der Waals surface area contributed by atoms with E-state index in [0.29, 0.717) is 11.6 Å². The first-order chi connectivity index (χ1) is 8.69. The Balaban J connectivity index is 1.92. The normalized spacial score (nSPS) is 15.7. The molecule has 1 aliphatic carbocycles. The summed E-state index contributed by atoms with van der Waals surface area (Å²) >= 11 is 0. The summed E-state index contributed by atoms with van der Waals surface area (Å²) in [5.74, 6) is -0.259. The Labute approximate surface area is 106 Å². The van der Waals surface area contributed by atoms with Crippen molar-refractivity contribution < 1.29 is 13.9 Å². The lowest BCUT2D eigenvalue weighted by Gasteiger charge is -2.12. The van der Waals surface area contributed by atoms with Crippen molar-refractivity contribution in [3.05, 3.63) is 29.6 Å². The number of carbonyl (C=O) groups excluding carboxylic acids is 1. The number of ether oxygens (including phenoxy) is 1. The highest BCUT2D eigenvalue weighted by Crippen LogP contribution is 2.19. The van der Waals surface area contributed by atoms with Gasteiger partial charge >= 0.3 is 0 Å².